The summed E-state index contributed by atoms with van der Waals surface area (Å²) >= 11 is 1.45. The predicted octanol–water partition coefficient (Wildman–Crippen LogP) is 2.55. The van der Waals surface area contributed by atoms with Crippen LogP contribution in [0.5, 0.6) is 0 Å². The first-order chi connectivity index (χ1) is 10.6. The number of thioether (sulfide) groups is 1. The molecule has 116 valence electrons. The minimum atomic E-state index is -0.173. The lowest BCUT2D eigenvalue weighted by molar-refractivity contribution is -0.120. The van der Waals surface area contributed by atoms with Gasteiger partial charge in [-0.25, -0.2) is 0 Å². The molecular formula is C16H20N4OS. The van der Waals surface area contributed by atoms with Crippen LogP contribution in [-0.4, -0.2) is 32.0 Å². The molecule has 1 aliphatic rings. The number of aryl methyl sites for hydroxylation is 1. The SMILES string of the molecule is Cc1ccccc1-c1nnc(S[C@@H](C)C(=O)NC2CC2)n1C. The molecule has 1 aromatic carbocycles. The Morgan fingerprint density at radius 2 is 2.09 bits per heavy atom. The third-order valence-corrected chi connectivity index (χ3v) is 4.93. The van der Waals surface area contributed by atoms with Crippen molar-refractivity contribution < 1.29 is 4.79 Å². The van der Waals surface area contributed by atoms with Crippen LogP contribution in [0.1, 0.15) is 25.3 Å². The number of hydrogen-bond donors (Lipinski definition) is 1. The summed E-state index contributed by atoms with van der Waals surface area (Å²) in [5.74, 6) is 0.906. The van der Waals surface area contributed by atoms with Crippen molar-refractivity contribution in [1.82, 2.24) is 20.1 Å². The molecule has 3 rings (SSSR count). The summed E-state index contributed by atoms with van der Waals surface area (Å²) in [4.78, 5) is 12.1. The van der Waals surface area contributed by atoms with Crippen LogP contribution in [0.15, 0.2) is 29.4 Å². The van der Waals surface area contributed by atoms with E-state index in [0.29, 0.717) is 6.04 Å². The normalized spacial score (nSPS) is 15.6. The van der Waals surface area contributed by atoms with E-state index in [1.54, 1.807) is 0 Å². The highest BCUT2D eigenvalue weighted by molar-refractivity contribution is 8.00. The highest BCUT2D eigenvalue weighted by atomic mass is 32.2. The molecule has 5 nitrogen and oxygen atoms in total. The number of aromatic nitrogens is 3. The number of nitrogens with one attached hydrogen (secondary N) is 1. The first-order valence-electron chi connectivity index (χ1n) is 7.48. The van der Waals surface area contributed by atoms with Crippen molar-refractivity contribution in [2.75, 3.05) is 0 Å². The Balaban J connectivity index is 1.75. The van der Waals surface area contributed by atoms with Crippen LogP contribution < -0.4 is 5.32 Å². The topological polar surface area (TPSA) is 59.8 Å². The van der Waals surface area contributed by atoms with Gasteiger partial charge in [-0.2, -0.15) is 0 Å². The molecule has 1 atom stereocenters. The Morgan fingerprint density at radius 3 is 2.77 bits per heavy atom. The third kappa shape index (κ3) is 3.16. The summed E-state index contributed by atoms with van der Waals surface area (Å²) in [5.41, 5.74) is 2.23. The van der Waals surface area contributed by atoms with Gasteiger partial charge in [0.15, 0.2) is 11.0 Å². The molecule has 1 aliphatic carbocycles. The van der Waals surface area contributed by atoms with Crippen molar-refractivity contribution in [3.63, 3.8) is 0 Å². The Labute approximate surface area is 134 Å². The monoisotopic (exact) mass is 316 g/mol. The summed E-state index contributed by atoms with van der Waals surface area (Å²) in [6.07, 6.45) is 2.20. The Bertz CT molecular complexity index is 693. The second-order valence-electron chi connectivity index (χ2n) is 5.72. The molecule has 22 heavy (non-hydrogen) atoms. The van der Waals surface area contributed by atoms with Crippen LogP contribution in [-0.2, 0) is 11.8 Å². The Morgan fingerprint density at radius 1 is 1.36 bits per heavy atom. The van der Waals surface area contributed by atoms with Crippen LogP contribution in [0.4, 0.5) is 0 Å². The zero-order valence-electron chi connectivity index (χ0n) is 13.0. The van der Waals surface area contributed by atoms with Crippen LogP contribution in [0.2, 0.25) is 0 Å². The molecule has 1 saturated carbocycles. The second-order valence-corrected chi connectivity index (χ2v) is 7.03. The second kappa shape index (κ2) is 6.12. The fourth-order valence-corrected chi connectivity index (χ4v) is 3.06. The van der Waals surface area contributed by atoms with E-state index in [9.17, 15) is 4.79 Å². The molecule has 0 spiro atoms. The quantitative estimate of drug-likeness (QED) is 0.861. The molecule has 0 aliphatic heterocycles. The van der Waals surface area contributed by atoms with E-state index in [1.165, 1.54) is 11.8 Å². The van der Waals surface area contributed by atoms with Gasteiger partial charge in [0.25, 0.3) is 0 Å². The smallest absolute Gasteiger partial charge is 0.233 e. The molecule has 1 fully saturated rings. The van der Waals surface area contributed by atoms with Crippen molar-refractivity contribution in [3.8, 4) is 11.4 Å². The summed E-state index contributed by atoms with van der Waals surface area (Å²) in [6, 6.07) is 8.49. The maximum Gasteiger partial charge on any atom is 0.233 e. The Hall–Kier alpha value is -1.82. The molecule has 1 amide bonds. The summed E-state index contributed by atoms with van der Waals surface area (Å²) < 4.78 is 1.95. The third-order valence-electron chi connectivity index (χ3n) is 3.80. The molecule has 0 bridgehead atoms. The summed E-state index contributed by atoms with van der Waals surface area (Å²) in [5, 5.41) is 12.2. The van der Waals surface area contributed by atoms with E-state index in [0.717, 1.165) is 34.9 Å². The van der Waals surface area contributed by atoms with Gasteiger partial charge in [-0.1, -0.05) is 36.0 Å². The van der Waals surface area contributed by atoms with E-state index in [2.05, 4.69) is 28.5 Å². The molecular weight excluding hydrogens is 296 g/mol. The van der Waals surface area contributed by atoms with Gasteiger partial charge < -0.3 is 9.88 Å². The van der Waals surface area contributed by atoms with Crippen LogP contribution in [0.3, 0.4) is 0 Å². The van der Waals surface area contributed by atoms with Crippen molar-refractivity contribution in [2.24, 2.45) is 7.05 Å². The van der Waals surface area contributed by atoms with Crippen molar-refractivity contribution in [1.29, 1.82) is 0 Å². The zero-order valence-corrected chi connectivity index (χ0v) is 13.9. The number of carbonyl (C=O) groups excluding carboxylic acids is 1. The lowest BCUT2D eigenvalue weighted by Gasteiger charge is -2.11. The standard InChI is InChI=1S/C16H20N4OS/c1-10-6-4-5-7-13(10)14-18-19-16(20(14)3)22-11(2)15(21)17-12-8-9-12/h4-7,11-12H,8-9H2,1-3H3,(H,17,21)/t11-/m0/s1. The number of rotatable bonds is 5. The van der Waals surface area contributed by atoms with Gasteiger partial charge in [0, 0.05) is 18.7 Å². The maximum atomic E-state index is 12.1. The lowest BCUT2D eigenvalue weighted by Crippen LogP contribution is -2.32. The van der Waals surface area contributed by atoms with Crippen molar-refractivity contribution in [2.45, 2.75) is 43.1 Å². The molecule has 2 aromatic rings. The number of hydrogen-bond acceptors (Lipinski definition) is 4. The van der Waals surface area contributed by atoms with Crippen LogP contribution in [0.25, 0.3) is 11.4 Å². The minimum absolute atomic E-state index is 0.0768. The van der Waals surface area contributed by atoms with E-state index in [1.807, 2.05) is 36.7 Å². The Kier molecular flexibility index (Phi) is 4.20. The van der Waals surface area contributed by atoms with Gasteiger partial charge in [-0.3, -0.25) is 4.79 Å². The number of benzene rings is 1. The molecule has 1 heterocycles. The van der Waals surface area contributed by atoms with Gasteiger partial charge in [-0.05, 0) is 32.3 Å². The number of nitrogens with zero attached hydrogens (tertiary/aromatic N) is 3. The average Bonchev–Trinajstić information content (AvgIpc) is 3.24. The fraction of sp³-hybridized carbons (Fsp3) is 0.438. The molecule has 1 aromatic heterocycles. The van der Waals surface area contributed by atoms with Crippen LogP contribution in [0, 0.1) is 6.92 Å². The lowest BCUT2D eigenvalue weighted by atomic mass is 10.1. The first-order valence-corrected chi connectivity index (χ1v) is 8.36. The van der Waals surface area contributed by atoms with Gasteiger partial charge in [-0.15, -0.1) is 10.2 Å². The molecule has 0 radical (unpaired) electrons. The van der Waals surface area contributed by atoms with Gasteiger partial charge >= 0.3 is 0 Å². The largest absolute Gasteiger partial charge is 0.352 e. The summed E-state index contributed by atoms with van der Waals surface area (Å²) in [6.45, 7) is 3.97. The number of carbonyl (C=O) groups is 1. The zero-order chi connectivity index (χ0) is 15.7. The van der Waals surface area contributed by atoms with E-state index in [-0.39, 0.29) is 11.2 Å². The highest BCUT2D eigenvalue weighted by Crippen LogP contribution is 2.28. The van der Waals surface area contributed by atoms with Crippen molar-refractivity contribution in [3.05, 3.63) is 29.8 Å². The fourth-order valence-electron chi connectivity index (χ4n) is 2.23. The molecule has 0 saturated heterocycles. The molecule has 6 heteroatoms. The highest BCUT2D eigenvalue weighted by Gasteiger charge is 2.27. The first kappa shape index (κ1) is 15.1. The van der Waals surface area contributed by atoms with Crippen LogP contribution >= 0.6 is 11.8 Å². The van der Waals surface area contributed by atoms with Crippen molar-refractivity contribution >= 4 is 17.7 Å². The average molecular weight is 316 g/mol. The molecule has 0 unspecified atom stereocenters. The molecule has 1 N–H and O–H groups in total. The van der Waals surface area contributed by atoms with Gasteiger partial charge in [0.1, 0.15) is 0 Å². The van der Waals surface area contributed by atoms with Gasteiger partial charge in [0.05, 0.1) is 5.25 Å². The van der Waals surface area contributed by atoms with E-state index >= 15 is 0 Å². The van der Waals surface area contributed by atoms with Gasteiger partial charge in [0.2, 0.25) is 5.91 Å². The summed E-state index contributed by atoms with van der Waals surface area (Å²) in [7, 11) is 1.94. The number of amides is 1. The predicted molar refractivity (Wildman–Crippen MR) is 87.7 cm³/mol. The minimum Gasteiger partial charge on any atom is -0.352 e. The van der Waals surface area contributed by atoms with E-state index < -0.39 is 0 Å². The van der Waals surface area contributed by atoms with E-state index in [4.69, 9.17) is 0 Å². The maximum absolute atomic E-state index is 12.1.